The first kappa shape index (κ1) is 35.2. The predicted octanol–water partition coefficient (Wildman–Crippen LogP) is 17.4. The quantitative estimate of drug-likeness (QED) is 0.157. The van der Waals surface area contributed by atoms with Gasteiger partial charge in [0.2, 0.25) is 0 Å². The van der Waals surface area contributed by atoms with E-state index in [2.05, 4.69) is 240 Å². The Bertz CT molecular complexity index is 4170. The highest BCUT2D eigenvalue weighted by molar-refractivity contribution is 6.37. The lowest BCUT2D eigenvalue weighted by atomic mass is 9.87. The molecule has 296 valence electrons. The van der Waals surface area contributed by atoms with Crippen LogP contribution >= 0.6 is 0 Å². The summed E-state index contributed by atoms with van der Waals surface area (Å²) in [6.07, 6.45) is 0. The van der Waals surface area contributed by atoms with Crippen molar-refractivity contribution in [3.05, 3.63) is 231 Å². The van der Waals surface area contributed by atoms with Crippen molar-refractivity contribution in [1.29, 1.82) is 0 Å². The highest BCUT2D eigenvalue weighted by atomic mass is 15.1. The summed E-state index contributed by atoms with van der Waals surface area (Å²) < 4.78 is 2.43. The number of anilines is 3. The molecule has 0 aliphatic rings. The van der Waals surface area contributed by atoms with Gasteiger partial charge in [0.25, 0.3) is 0 Å². The highest BCUT2D eigenvalue weighted by Crippen LogP contribution is 2.48. The van der Waals surface area contributed by atoms with E-state index in [1.807, 2.05) is 0 Å². The topological polar surface area (TPSA) is 8.17 Å². The number of nitrogens with zero attached hydrogens (tertiary/aromatic N) is 2. The number of fused-ring (bicyclic) bond motifs is 6. The number of hydrogen-bond acceptors (Lipinski definition) is 1. The van der Waals surface area contributed by atoms with Gasteiger partial charge < -0.3 is 9.47 Å². The fourth-order valence-electron chi connectivity index (χ4n) is 11.1. The second-order valence-electron chi connectivity index (χ2n) is 17.2. The van der Waals surface area contributed by atoms with Crippen molar-refractivity contribution >= 4 is 114 Å². The van der Waals surface area contributed by atoms with Crippen molar-refractivity contribution in [2.24, 2.45) is 0 Å². The van der Waals surface area contributed by atoms with Crippen LogP contribution in [0, 0.1) is 0 Å². The van der Waals surface area contributed by atoms with Gasteiger partial charge in [0.15, 0.2) is 0 Å². The van der Waals surface area contributed by atoms with Gasteiger partial charge in [0.1, 0.15) is 0 Å². The molecule has 0 bridgehead atoms. The van der Waals surface area contributed by atoms with E-state index in [-0.39, 0.29) is 0 Å². The van der Waals surface area contributed by atoms with Crippen molar-refractivity contribution in [3.8, 4) is 16.8 Å². The van der Waals surface area contributed by atoms with Crippen LogP contribution in [0.15, 0.2) is 231 Å². The summed E-state index contributed by atoms with van der Waals surface area (Å²) in [4.78, 5) is 2.48. The third-order valence-electron chi connectivity index (χ3n) is 13.8. The Hall–Kier alpha value is -8.46. The van der Waals surface area contributed by atoms with Gasteiger partial charge in [0, 0.05) is 38.8 Å². The van der Waals surface area contributed by atoms with Gasteiger partial charge in [-0.25, -0.2) is 0 Å². The van der Waals surface area contributed by atoms with Crippen molar-refractivity contribution in [1.82, 2.24) is 4.57 Å². The maximum absolute atomic E-state index is 2.48. The molecule has 0 spiro atoms. The minimum atomic E-state index is 1.10. The summed E-state index contributed by atoms with van der Waals surface area (Å²) in [5, 5.41) is 20.2. The number of rotatable bonds is 5. The summed E-state index contributed by atoms with van der Waals surface area (Å²) in [6, 6.07) is 85.6. The fourth-order valence-corrected chi connectivity index (χ4v) is 11.1. The number of para-hydroxylation sites is 3. The zero-order valence-corrected chi connectivity index (χ0v) is 34.8. The normalized spacial score (nSPS) is 12.1. The first-order valence-electron chi connectivity index (χ1n) is 22.2. The van der Waals surface area contributed by atoms with Crippen LogP contribution < -0.4 is 4.90 Å². The third kappa shape index (κ3) is 5.02. The molecule has 13 aromatic carbocycles. The lowest BCUT2D eigenvalue weighted by molar-refractivity contribution is 1.18. The molecule has 14 rings (SSSR count). The van der Waals surface area contributed by atoms with Gasteiger partial charge in [-0.15, -0.1) is 0 Å². The van der Waals surface area contributed by atoms with E-state index in [0.717, 1.165) is 22.7 Å². The van der Waals surface area contributed by atoms with E-state index in [1.165, 1.54) is 108 Å². The first-order valence-corrected chi connectivity index (χ1v) is 22.2. The number of aromatic nitrogens is 1. The lowest BCUT2D eigenvalue weighted by Crippen LogP contribution is -2.10. The molecule has 1 aromatic heterocycles. The molecule has 64 heavy (non-hydrogen) atoms. The average molecular weight is 811 g/mol. The smallest absolute Gasteiger partial charge is 0.0619 e. The molecular weight excluding hydrogens is 773 g/mol. The Balaban J connectivity index is 1.05. The molecule has 14 aromatic rings. The highest BCUT2D eigenvalue weighted by Gasteiger charge is 2.22. The van der Waals surface area contributed by atoms with Crippen molar-refractivity contribution in [2.75, 3.05) is 4.90 Å². The summed E-state index contributed by atoms with van der Waals surface area (Å²) in [5.41, 5.74) is 9.31. The zero-order valence-electron chi connectivity index (χ0n) is 34.8. The molecule has 0 saturated heterocycles. The van der Waals surface area contributed by atoms with E-state index in [0.29, 0.717) is 0 Å². The molecule has 0 aliphatic carbocycles. The zero-order chi connectivity index (χ0) is 41.9. The minimum Gasteiger partial charge on any atom is -0.310 e. The maximum atomic E-state index is 2.48. The Labute approximate surface area is 369 Å². The summed E-state index contributed by atoms with van der Waals surface area (Å²) in [5.74, 6) is 0. The van der Waals surface area contributed by atoms with Crippen molar-refractivity contribution < 1.29 is 0 Å². The Morgan fingerprint density at radius 1 is 0.297 bits per heavy atom. The van der Waals surface area contributed by atoms with Gasteiger partial charge in [0.05, 0.1) is 16.7 Å². The number of benzene rings is 12. The molecule has 0 radical (unpaired) electrons. The van der Waals surface area contributed by atoms with Gasteiger partial charge in [-0.3, -0.25) is 0 Å². The fraction of sp³-hybridized carbons (Fsp3) is 0. The maximum Gasteiger partial charge on any atom is 0.0619 e. The van der Waals surface area contributed by atoms with Crippen LogP contribution in [0.3, 0.4) is 0 Å². The molecule has 1 heterocycles. The van der Waals surface area contributed by atoms with Crippen LogP contribution in [-0.2, 0) is 0 Å². The SMILES string of the molecule is c1ccc(-n2c3ccccc3c3cccc(-c4ccc(N(c5cc6ccc7cccc8c9cccc%10ccc%11cccc(c(c5)c6c78)c%11c%109)c5cccc6ccccc56)cc4)c32)cc1. The molecule has 0 N–H and O–H groups in total. The van der Waals surface area contributed by atoms with Crippen molar-refractivity contribution in [3.63, 3.8) is 0 Å². The molecule has 2 heteroatoms. The standard InChI is InChI=1S/C62H38N2/c1-2-18-45(19-3-1)64-57-27-7-6-21-50(57)54-26-12-22-49(62(54)64)40-33-35-46(36-34-40)63(56-28-11-14-39-13-4-5-20-48(39)56)47-37-44-32-31-43-16-9-24-52-51-23-8-15-41-29-30-42-17-10-25-53(60(42)58(41)51)55(38-47)61(44)59(43)52/h1-38H. The van der Waals surface area contributed by atoms with Gasteiger partial charge in [-0.05, 0) is 124 Å². The molecule has 0 atom stereocenters. The van der Waals surface area contributed by atoms with Crippen LogP contribution in [-0.4, -0.2) is 4.57 Å². The summed E-state index contributed by atoms with van der Waals surface area (Å²) in [6.45, 7) is 0. The predicted molar refractivity (Wildman–Crippen MR) is 275 cm³/mol. The largest absolute Gasteiger partial charge is 0.310 e. The van der Waals surface area contributed by atoms with Crippen LogP contribution in [0.4, 0.5) is 17.1 Å². The van der Waals surface area contributed by atoms with Gasteiger partial charge in [-0.1, -0.05) is 182 Å². The monoisotopic (exact) mass is 810 g/mol. The Morgan fingerprint density at radius 2 is 0.812 bits per heavy atom. The molecule has 0 fully saturated rings. The first-order chi connectivity index (χ1) is 31.8. The van der Waals surface area contributed by atoms with Crippen molar-refractivity contribution in [2.45, 2.75) is 0 Å². The summed E-state index contributed by atoms with van der Waals surface area (Å²) in [7, 11) is 0. The lowest BCUT2D eigenvalue weighted by Gasteiger charge is -2.28. The molecule has 0 aliphatic heterocycles. The van der Waals surface area contributed by atoms with Crippen LogP contribution in [0.2, 0.25) is 0 Å². The second kappa shape index (κ2) is 13.5. The minimum absolute atomic E-state index is 1.10. The van der Waals surface area contributed by atoms with Gasteiger partial charge in [-0.2, -0.15) is 0 Å². The molecule has 2 nitrogen and oxygen atoms in total. The average Bonchev–Trinajstić information content (AvgIpc) is 3.70. The molecular formula is C62H38N2. The van der Waals surface area contributed by atoms with E-state index in [1.54, 1.807) is 0 Å². The van der Waals surface area contributed by atoms with Gasteiger partial charge >= 0.3 is 0 Å². The van der Waals surface area contributed by atoms with E-state index in [4.69, 9.17) is 0 Å². The second-order valence-corrected chi connectivity index (χ2v) is 17.2. The Morgan fingerprint density at radius 3 is 1.53 bits per heavy atom. The van der Waals surface area contributed by atoms with E-state index >= 15 is 0 Å². The van der Waals surface area contributed by atoms with Crippen LogP contribution in [0.25, 0.3) is 114 Å². The molecule has 0 saturated carbocycles. The molecule has 0 amide bonds. The van der Waals surface area contributed by atoms with Crippen LogP contribution in [0.1, 0.15) is 0 Å². The number of hydrogen-bond donors (Lipinski definition) is 0. The summed E-state index contributed by atoms with van der Waals surface area (Å²) >= 11 is 0. The van der Waals surface area contributed by atoms with E-state index in [9.17, 15) is 0 Å². The molecule has 0 unspecified atom stereocenters. The van der Waals surface area contributed by atoms with E-state index < -0.39 is 0 Å². The third-order valence-corrected chi connectivity index (χ3v) is 13.8. The Kier molecular flexibility index (Phi) is 7.43. The van der Waals surface area contributed by atoms with Crippen LogP contribution in [0.5, 0.6) is 0 Å².